The number of methoxy groups -OCH3 is 1. The summed E-state index contributed by atoms with van der Waals surface area (Å²) in [5.41, 5.74) is 0.193. The largest absolute Gasteiger partial charge is 0.505 e. The van der Waals surface area contributed by atoms with Gasteiger partial charge in [-0.25, -0.2) is 9.59 Å². The van der Waals surface area contributed by atoms with Crippen LogP contribution in [0.3, 0.4) is 0 Å². The Morgan fingerprint density at radius 1 is 0.901 bits per heavy atom. The van der Waals surface area contributed by atoms with E-state index in [1.807, 2.05) is 32.9 Å². The Morgan fingerprint density at radius 2 is 1.56 bits per heavy atom. The monoisotopic (exact) mass is 1040 g/mol. The molecule has 0 spiro atoms. The average Bonchev–Trinajstić information content (AvgIpc) is 3.30. The van der Waals surface area contributed by atoms with Gasteiger partial charge in [-0.15, -0.1) is 0 Å². The molecule has 7 N–H and O–H groups in total. The summed E-state index contributed by atoms with van der Waals surface area (Å²) in [4.78, 5) is 39.8. The van der Waals surface area contributed by atoms with Crippen molar-refractivity contribution < 1.29 is 88.0 Å². The number of carbonyl (C=O) groups is 3. The standard InChI is InChI=1S/C51H72Cl2O18/c1-13-30-21-25(5)32(55)17-15-14-16-31(22-65-50-44(64-12)41(60)43(29(9)66-50)68-48(63)34-27(7)35(52)38(57)36(53)37(34)56)47(62)67-33(28(8)54)19-18-24(4)20-26(6)42(30)69-49-40(59)39(58)45(51(10,11)71-49)70-46(61)23(2)3/h14-16,18,20-21,23,28-30,32-33,39-45,49-50,54-60H,13,17,19,22H2,1-12H3/b15-14+,24-18+,25-21+,26-20+,31-16+/t28-,29+,30-,32-,33-,39+,40-,41-,42-,43+,44-,45-,49+,50+/m0/s1. The summed E-state index contributed by atoms with van der Waals surface area (Å²) in [6.07, 6.45) is -5.56. The molecule has 0 amide bonds. The van der Waals surface area contributed by atoms with Crippen LogP contribution in [0.15, 0.2) is 58.7 Å². The average molecular weight is 1040 g/mol. The number of phenolic OH excluding ortho intramolecular Hbond substituents is 2. The lowest BCUT2D eigenvalue weighted by Crippen LogP contribution is -2.64. The van der Waals surface area contributed by atoms with Gasteiger partial charge in [-0.05, 0) is 91.0 Å². The first-order valence-electron chi connectivity index (χ1n) is 23.6. The number of aliphatic hydroxyl groups excluding tert-OH is 5. The number of benzene rings is 1. The van der Waals surface area contributed by atoms with Gasteiger partial charge in [0.05, 0.1) is 47.5 Å². The SMILES string of the molecule is CC[C@H]1/C=C(\C)[C@@H](O)C/C=C/C=C(\CO[C@@H]2O[C@H](C)[C@@H](OC(=O)c3c(C)c(Cl)c(O)c(Cl)c3O)[C@H](O)[C@@H]2OC)C(=O)O[C@H]([C@H](C)O)C/C=C(C)/C=C(\C)[C@@H]1O[C@@H]1OC(C)(C)[C@@H](OC(=O)C(C)C)[C@H](O)[C@@H]1O. The van der Waals surface area contributed by atoms with Crippen molar-refractivity contribution in [2.24, 2.45) is 11.8 Å². The number of rotatable bonds is 12. The van der Waals surface area contributed by atoms with E-state index < -0.39 is 144 Å². The van der Waals surface area contributed by atoms with Crippen molar-refractivity contribution in [2.75, 3.05) is 13.7 Å². The lowest BCUT2D eigenvalue weighted by atomic mass is 9.88. The summed E-state index contributed by atoms with van der Waals surface area (Å²) in [7, 11) is 1.26. The molecule has 1 aromatic rings. The Kier molecular flexibility index (Phi) is 21.7. The van der Waals surface area contributed by atoms with Gasteiger partial charge in [0.25, 0.3) is 0 Å². The second-order valence-electron chi connectivity index (χ2n) is 19.2. The van der Waals surface area contributed by atoms with Crippen molar-refractivity contribution in [1.29, 1.82) is 0 Å². The van der Waals surface area contributed by atoms with E-state index in [-0.39, 0.29) is 29.0 Å². The smallest absolute Gasteiger partial charge is 0.342 e. The lowest BCUT2D eigenvalue weighted by Gasteiger charge is -2.47. The van der Waals surface area contributed by atoms with Crippen LogP contribution in [0.25, 0.3) is 0 Å². The second-order valence-corrected chi connectivity index (χ2v) is 19.9. The minimum absolute atomic E-state index is 0.0285. The van der Waals surface area contributed by atoms with Crippen molar-refractivity contribution in [3.8, 4) is 11.5 Å². The van der Waals surface area contributed by atoms with Gasteiger partial charge < -0.3 is 73.6 Å². The molecule has 3 heterocycles. The number of esters is 3. The number of phenols is 2. The molecule has 0 aliphatic carbocycles. The molecule has 398 valence electrons. The van der Waals surface area contributed by atoms with Gasteiger partial charge in [0.1, 0.15) is 46.7 Å². The normalized spacial score (nSPS) is 35.2. The van der Waals surface area contributed by atoms with Gasteiger partial charge in [0.15, 0.2) is 36.3 Å². The first-order valence-corrected chi connectivity index (χ1v) is 24.4. The van der Waals surface area contributed by atoms with E-state index in [9.17, 15) is 50.1 Å². The van der Waals surface area contributed by atoms with Crippen LogP contribution in [0, 0.1) is 18.8 Å². The summed E-state index contributed by atoms with van der Waals surface area (Å²) in [6.45, 7) is 17.8. The Hall–Kier alpha value is -3.89. The highest BCUT2D eigenvalue weighted by atomic mass is 35.5. The Balaban J connectivity index is 1.60. The number of carbonyl (C=O) groups excluding carboxylic acids is 3. The van der Waals surface area contributed by atoms with E-state index >= 15 is 0 Å². The predicted octanol–water partition coefficient (Wildman–Crippen LogP) is 5.98. The van der Waals surface area contributed by atoms with Crippen molar-refractivity contribution >= 4 is 41.1 Å². The van der Waals surface area contributed by atoms with Crippen molar-refractivity contribution in [3.63, 3.8) is 0 Å². The molecule has 0 bridgehead atoms. The molecule has 14 atom stereocenters. The molecule has 18 nitrogen and oxygen atoms in total. The van der Waals surface area contributed by atoms with Gasteiger partial charge in [-0.1, -0.05) is 79.9 Å². The van der Waals surface area contributed by atoms with E-state index in [1.54, 1.807) is 46.8 Å². The van der Waals surface area contributed by atoms with Crippen molar-refractivity contribution in [1.82, 2.24) is 0 Å². The predicted molar refractivity (Wildman–Crippen MR) is 260 cm³/mol. The molecule has 0 saturated carbocycles. The van der Waals surface area contributed by atoms with E-state index in [0.717, 1.165) is 0 Å². The molecule has 3 aliphatic rings. The van der Waals surface area contributed by atoms with E-state index in [1.165, 1.54) is 40.0 Å². The van der Waals surface area contributed by atoms with Gasteiger partial charge >= 0.3 is 17.9 Å². The fourth-order valence-corrected chi connectivity index (χ4v) is 8.79. The molecule has 20 heteroatoms. The van der Waals surface area contributed by atoms with Gasteiger partial charge in [-0.2, -0.15) is 0 Å². The summed E-state index contributed by atoms with van der Waals surface area (Å²) in [5.74, 6) is -4.84. The number of halogens is 2. The third kappa shape index (κ3) is 14.7. The summed E-state index contributed by atoms with van der Waals surface area (Å²) in [6, 6.07) is 0. The zero-order valence-electron chi connectivity index (χ0n) is 42.3. The number of hydrogen-bond donors (Lipinski definition) is 7. The fraction of sp³-hybridized carbons (Fsp3) is 0.627. The summed E-state index contributed by atoms with van der Waals surface area (Å²) in [5, 5.41) is 76.0. The molecule has 71 heavy (non-hydrogen) atoms. The van der Waals surface area contributed by atoms with Crippen LogP contribution in [-0.4, -0.2) is 153 Å². The van der Waals surface area contributed by atoms with Crippen molar-refractivity contribution in [2.45, 2.75) is 181 Å². The molecule has 2 fully saturated rings. The third-order valence-electron chi connectivity index (χ3n) is 12.8. The number of aromatic hydroxyl groups is 2. The molecule has 2 saturated heterocycles. The zero-order chi connectivity index (χ0) is 53.4. The molecule has 4 rings (SSSR count). The molecular formula is C51H72Cl2O18. The van der Waals surface area contributed by atoms with Crippen molar-refractivity contribution in [3.05, 3.63) is 79.9 Å². The van der Waals surface area contributed by atoms with E-state index in [2.05, 4.69) is 0 Å². The zero-order valence-corrected chi connectivity index (χ0v) is 43.8. The Labute approximate surface area is 425 Å². The number of ether oxygens (including phenoxy) is 8. The lowest BCUT2D eigenvalue weighted by molar-refractivity contribution is -0.333. The van der Waals surface area contributed by atoms with Crippen LogP contribution in [-0.2, 0) is 47.5 Å². The maximum absolute atomic E-state index is 13.9. The first kappa shape index (κ1) is 59.7. The Morgan fingerprint density at radius 3 is 2.17 bits per heavy atom. The molecular weight excluding hydrogens is 971 g/mol. The quantitative estimate of drug-likeness (QED) is 0.0721. The highest BCUT2D eigenvalue weighted by molar-refractivity contribution is 6.39. The summed E-state index contributed by atoms with van der Waals surface area (Å²) >= 11 is 12.1. The van der Waals surface area contributed by atoms with Crippen LogP contribution >= 0.6 is 23.2 Å². The second kappa shape index (κ2) is 25.9. The van der Waals surface area contributed by atoms with E-state index in [4.69, 9.17) is 61.1 Å². The summed E-state index contributed by atoms with van der Waals surface area (Å²) < 4.78 is 47.4. The van der Waals surface area contributed by atoms with Crippen LogP contribution in [0.4, 0.5) is 0 Å². The van der Waals surface area contributed by atoms with Crippen LogP contribution in [0.1, 0.15) is 104 Å². The molecule has 0 aromatic heterocycles. The Bertz CT molecular complexity index is 2170. The highest BCUT2D eigenvalue weighted by Crippen LogP contribution is 2.44. The van der Waals surface area contributed by atoms with Crippen LogP contribution in [0.5, 0.6) is 11.5 Å². The van der Waals surface area contributed by atoms with Crippen LogP contribution < -0.4 is 0 Å². The first-order chi connectivity index (χ1) is 33.2. The minimum Gasteiger partial charge on any atom is -0.505 e. The molecule has 0 radical (unpaired) electrons. The minimum atomic E-state index is -1.61. The molecule has 0 unspecified atom stereocenters. The van der Waals surface area contributed by atoms with Gasteiger partial charge in [0.2, 0.25) is 0 Å². The fourth-order valence-electron chi connectivity index (χ4n) is 8.37. The van der Waals surface area contributed by atoms with Crippen LogP contribution in [0.2, 0.25) is 10.0 Å². The number of cyclic esters (lactones) is 1. The topological polar surface area (TPSA) is 267 Å². The number of allylic oxidation sites excluding steroid dienone is 4. The van der Waals surface area contributed by atoms with E-state index in [0.29, 0.717) is 23.1 Å². The maximum Gasteiger partial charge on any atom is 0.342 e. The number of aliphatic hydroxyl groups is 5. The van der Waals surface area contributed by atoms with Gasteiger partial charge in [0, 0.05) is 19.4 Å². The van der Waals surface area contributed by atoms with Gasteiger partial charge in [-0.3, -0.25) is 4.79 Å². The third-order valence-corrected chi connectivity index (χ3v) is 13.6. The highest BCUT2D eigenvalue weighted by Gasteiger charge is 2.53. The maximum atomic E-state index is 13.9. The molecule has 1 aromatic carbocycles. The molecule has 3 aliphatic heterocycles. The number of hydrogen-bond acceptors (Lipinski definition) is 18.